The first kappa shape index (κ1) is 11.7. The van der Waals surface area contributed by atoms with Gasteiger partial charge in [0.15, 0.2) is 0 Å². The predicted molar refractivity (Wildman–Crippen MR) is 64.1 cm³/mol. The van der Waals surface area contributed by atoms with Crippen LogP contribution in [0.5, 0.6) is 5.75 Å². The lowest BCUT2D eigenvalue weighted by Crippen LogP contribution is -2.10. The number of likely N-dealkylation sites (N-methyl/N-ethyl adjacent to an activating group) is 1. The summed E-state index contributed by atoms with van der Waals surface area (Å²) < 4.78 is 5.24. The van der Waals surface area contributed by atoms with Gasteiger partial charge in [-0.25, -0.2) is 0 Å². The summed E-state index contributed by atoms with van der Waals surface area (Å²) in [7, 11) is 3.61. The SMILES string of the molecule is CNCCN=Cc1ccc(C)c(OC)c1. The van der Waals surface area contributed by atoms with Crippen LogP contribution >= 0.6 is 0 Å². The van der Waals surface area contributed by atoms with E-state index >= 15 is 0 Å². The Hall–Kier alpha value is -1.35. The Morgan fingerprint density at radius 1 is 1.47 bits per heavy atom. The van der Waals surface area contributed by atoms with Gasteiger partial charge in [-0.05, 0) is 31.2 Å². The third-order valence-electron chi connectivity index (χ3n) is 2.16. The summed E-state index contributed by atoms with van der Waals surface area (Å²) in [6.07, 6.45) is 1.87. The fourth-order valence-electron chi connectivity index (χ4n) is 1.26. The second-order valence-electron chi connectivity index (χ2n) is 3.37. The number of ether oxygens (including phenoxy) is 1. The maximum Gasteiger partial charge on any atom is 0.122 e. The maximum atomic E-state index is 5.24. The topological polar surface area (TPSA) is 33.6 Å². The number of rotatable bonds is 5. The van der Waals surface area contributed by atoms with E-state index in [1.54, 1.807) is 7.11 Å². The molecule has 0 heterocycles. The summed E-state index contributed by atoms with van der Waals surface area (Å²) in [5.74, 6) is 0.910. The van der Waals surface area contributed by atoms with Crippen molar-refractivity contribution < 1.29 is 4.74 Å². The molecule has 0 unspecified atom stereocenters. The van der Waals surface area contributed by atoms with E-state index < -0.39 is 0 Å². The molecule has 0 spiro atoms. The summed E-state index contributed by atoms with van der Waals surface area (Å²) in [5.41, 5.74) is 2.22. The van der Waals surface area contributed by atoms with E-state index in [-0.39, 0.29) is 0 Å². The number of aryl methyl sites for hydroxylation is 1. The van der Waals surface area contributed by atoms with Gasteiger partial charge in [0.1, 0.15) is 5.75 Å². The molecule has 0 aliphatic rings. The lowest BCUT2D eigenvalue weighted by atomic mass is 10.1. The minimum atomic E-state index is 0.798. The fraction of sp³-hybridized carbons (Fsp3) is 0.417. The molecule has 82 valence electrons. The molecule has 1 aromatic rings. The van der Waals surface area contributed by atoms with Gasteiger partial charge in [0.05, 0.1) is 13.7 Å². The number of benzene rings is 1. The Labute approximate surface area is 91.2 Å². The zero-order chi connectivity index (χ0) is 11.1. The van der Waals surface area contributed by atoms with Crippen LogP contribution in [0.3, 0.4) is 0 Å². The Morgan fingerprint density at radius 3 is 2.93 bits per heavy atom. The molecule has 0 atom stereocenters. The van der Waals surface area contributed by atoms with Gasteiger partial charge in [0.25, 0.3) is 0 Å². The van der Waals surface area contributed by atoms with Gasteiger partial charge in [0, 0.05) is 12.8 Å². The van der Waals surface area contributed by atoms with E-state index in [2.05, 4.69) is 10.3 Å². The van der Waals surface area contributed by atoms with Gasteiger partial charge in [-0.3, -0.25) is 4.99 Å². The molecule has 0 radical (unpaired) electrons. The highest BCUT2D eigenvalue weighted by Gasteiger charge is 1.97. The van der Waals surface area contributed by atoms with Gasteiger partial charge < -0.3 is 10.1 Å². The van der Waals surface area contributed by atoms with Crippen LogP contribution in [0.2, 0.25) is 0 Å². The van der Waals surface area contributed by atoms with E-state index in [0.29, 0.717) is 0 Å². The summed E-state index contributed by atoms with van der Waals surface area (Å²) in [6, 6.07) is 6.08. The average molecular weight is 206 g/mol. The highest BCUT2D eigenvalue weighted by Crippen LogP contribution is 2.17. The van der Waals surface area contributed by atoms with E-state index in [4.69, 9.17) is 4.74 Å². The van der Waals surface area contributed by atoms with Crippen molar-refractivity contribution in [1.29, 1.82) is 0 Å². The largest absolute Gasteiger partial charge is 0.496 e. The van der Waals surface area contributed by atoms with Gasteiger partial charge in [0.2, 0.25) is 0 Å². The summed E-state index contributed by atoms with van der Waals surface area (Å²) in [4.78, 5) is 4.29. The van der Waals surface area contributed by atoms with Crippen LogP contribution in [-0.2, 0) is 0 Å². The quantitative estimate of drug-likeness (QED) is 0.587. The molecule has 0 aromatic heterocycles. The van der Waals surface area contributed by atoms with E-state index in [1.807, 2.05) is 38.4 Å². The monoisotopic (exact) mass is 206 g/mol. The Bertz CT molecular complexity index is 334. The average Bonchev–Trinajstić information content (AvgIpc) is 2.26. The van der Waals surface area contributed by atoms with E-state index in [1.165, 1.54) is 0 Å². The number of methoxy groups -OCH3 is 1. The fourth-order valence-corrected chi connectivity index (χ4v) is 1.26. The first-order valence-electron chi connectivity index (χ1n) is 5.07. The molecule has 15 heavy (non-hydrogen) atoms. The van der Waals surface area contributed by atoms with Crippen LogP contribution < -0.4 is 10.1 Å². The molecule has 3 nitrogen and oxygen atoms in total. The lowest BCUT2D eigenvalue weighted by molar-refractivity contribution is 0.411. The first-order valence-corrected chi connectivity index (χ1v) is 5.07. The standard InChI is InChI=1S/C12H18N2O/c1-10-4-5-11(8-12(10)15-3)9-14-7-6-13-2/h4-5,8-9,13H,6-7H2,1-3H3. The molecular formula is C12H18N2O. The van der Waals surface area contributed by atoms with Crippen molar-refractivity contribution in [1.82, 2.24) is 5.32 Å². The third kappa shape index (κ3) is 3.72. The molecule has 3 heteroatoms. The molecular weight excluding hydrogens is 188 g/mol. The highest BCUT2D eigenvalue weighted by atomic mass is 16.5. The Morgan fingerprint density at radius 2 is 2.27 bits per heavy atom. The Kier molecular flexibility index (Phi) is 4.84. The molecule has 1 N–H and O–H groups in total. The minimum Gasteiger partial charge on any atom is -0.496 e. The van der Waals surface area contributed by atoms with Gasteiger partial charge in [-0.2, -0.15) is 0 Å². The third-order valence-corrected chi connectivity index (χ3v) is 2.16. The predicted octanol–water partition coefficient (Wildman–Crippen LogP) is 1.64. The normalized spacial score (nSPS) is 10.9. The second kappa shape index (κ2) is 6.19. The van der Waals surface area contributed by atoms with Crippen LogP contribution in [0.25, 0.3) is 0 Å². The highest BCUT2D eigenvalue weighted by molar-refractivity contribution is 5.80. The minimum absolute atomic E-state index is 0.798. The van der Waals surface area contributed by atoms with Gasteiger partial charge in [-0.15, -0.1) is 0 Å². The maximum absolute atomic E-state index is 5.24. The molecule has 1 aromatic carbocycles. The zero-order valence-electron chi connectivity index (χ0n) is 9.58. The first-order chi connectivity index (χ1) is 7.27. The van der Waals surface area contributed by atoms with Crippen LogP contribution in [0.4, 0.5) is 0 Å². The van der Waals surface area contributed by atoms with Crippen LogP contribution in [0.15, 0.2) is 23.2 Å². The molecule has 1 rings (SSSR count). The van der Waals surface area contributed by atoms with Crippen molar-refractivity contribution in [2.24, 2.45) is 4.99 Å². The van der Waals surface area contributed by atoms with E-state index in [9.17, 15) is 0 Å². The van der Waals surface area contributed by atoms with Crippen molar-refractivity contribution in [2.75, 3.05) is 27.2 Å². The van der Waals surface area contributed by atoms with E-state index in [0.717, 1.165) is 30.0 Å². The molecule has 0 aliphatic heterocycles. The molecule has 0 aliphatic carbocycles. The van der Waals surface area contributed by atoms with Crippen molar-refractivity contribution in [3.8, 4) is 5.75 Å². The molecule has 0 fully saturated rings. The molecule has 0 saturated carbocycles. The second-order valence-corrected chi connectivity index (χ2v) is 3.37. The van der Waals surface area contributed by atoms with Crippen molar-refractivity contribution in [3.63, 3.8) is 0 Å². The molecule has 0 amide bonds. The van der Waals surface area contributed by atoms with Crippen molar-refractivity contribution >= 4 is 6.21 Å². The van der Waals surface area contributed by atoms with Crippen molar-refractivity contribution in [3.05, 3.63) is 29.3 Å². The summed E-state index contributed by atoms with van der Waals surface area (Å²) in [5, 5.41) is 3.05. The number of hydrogen-bond donors (Lipinski definition) is 1. The number of nitrogens with zero attached hydrogens (tertiary/aromatic N) is 1. The molecule has 0 saturated heterocycles. The number of nitrogens with one attached hydrogen (secondary N) is 1. The van der Waals surface area contributed by atoms with Crippen LogP contribution in [-0.4, -0.2) is 33.5 Å². The zero-order valence-corrected chi connectivity index (χ0v) is 9.58. The smallest absolute Gasteiger partial charge is 0.122 e. The van der Waals surface area contributed by atoms with Gasteiger partial charge in [-0.1, -0.05) is 12.1 Å². The van der Waals surface area contributed by atoms with Gasteiger partial charge >= 0.3 is 0 Å². The summed E-state index contributed by atoms with van der Waals surface area (Å²) >= 11 is 0. The van der Waals surface area contributed by atoms with Crippen LogP contribution in [0.1, 0.15) is 11.1 Å². The molecule has 0 bridgehead atoms. The van der Waals surface area contributed by atoms with Crippen LogP contribution in [0, 0.1) is 6.92 Å². The lowest BCUT2D eigenvalue weighted by Gasteiger charge is -2.04. The summed E-state index contributed by atoms with van der Waals surface area (Å²) in [6.45, 7) is 3.73. The van der Waals surface area contributed by atoms with Crippen molar-refractivity contribution in [2.45, 2.75) is 6.92 Å². The number of aliphatic imine (C=N–C) groups is 1. The number of hydrogen-bond acceptors (Lipinski definition) is 3. The Balaban J connectivity index is 2.65.